The van der Waals surface area contributed by atoms with Crippen LogP contribution in [0.3, 0.4) is 0 Å². The Kier molecular flexibility index (Phi) is 30.1. The fraction of sp³-hybridized carbons (Fsp3) is 0.810. The van der Waals surface area contributed by atoms with E-state index in [2.05, 4.69) is 79.9 Å². The number of likely N-dealkylation sites (tertiary alicyclic amines) is 1. The predicted octanol–water partition coefficient (Wildman–Crippen LogP) is 12.3. The fourth-order valence-corrected chi connectivity index (χ4v) is 6.28. The predicted molar refractivity (Wildman–Crippen MR) is 203 cm³/mol. The maximum absolute atomic E-state index is 11.5. The van der Waals surface area contributed by atoms with Crippen LogP contribution in [0, 0.1) is 0 Å². The monoisotopic (exact) mass is 643 g/mol. The van der Waals surface area contributed by atoms with E-state index in [1.165, 1.54) is 128 Å². The van der Waals surface area contributed by atoms with Crippen molar-refractivity contribution in [3.8, 4) is 0 Å². The Morgan fingerprint density at radius 2 is 1.02 bits per heavy atom. The Labute approximate surface area is 287 Å². The highest BCUT2D eigenvalue weighted by molar-refractivity contribution is 4.93. The van der Waals surface area contributed by atoms with Gasteiger partial charge in [0.1, 0.15) is 0 Å². The lowest BCUT2D eigenvalue weighted by atomic mass is 9.99. The van der Waals surface area contributed by atoms with Gasteiger partial charge >= 0.3 is 0 Å². The molecule has 0 amide bonds. The number of likely N-dealkylation sites (N-methyl/N-ethyl adjacent to an activating group) is 1. The van der Waals surface area contributed by atoms with Crippen molar-refractivity contribution >= 4 is 0 Å². The van der Waals surface area contributed by atoms with Crippen LogP contribution in [-0.2, 0) is 4.84 Å². The molecule has 1 rings (SSSR count). The van der Waals surface area contributed by atoms with Gasteiger partial charge in [0.2, 0.25) is 0 Å². The Bertz CT molecular complexity index is 761. The Morgan fingerprint density at radius 3 is 1.46 bits per heavy atom. The molecular formula is C42H78N2O2. The first-order chi connectivity index (χ1) is 22.6. The molecule has 2 unspecified atom stereocenters. The van der Waals surface area contributed by atoms with Gasteiger partial charge in [-0.05, 0) is 103 Å². The number of nitrogens with one attached hydrogen (secondary N) is 1. The molecule has 1 fully saturated rings. The molecular weight excluding hydrogens is 564 g/mol. The van der Waals surface area contributed by atoms with Crippen LogP contribution >= 0.6 is 0 Å². The average Bonchev–Trinajstić information content (AvgIpc) is 3.05. The number of nitrogens with zero attached hydrogens (tertiary/aromatic N) is 1. The standard InChI is InChI=1S/C42H78N2O2/c1-4-6-8-10-12-14-16-18-20-22-24-26-28-30-32-34-38-42(45,46-43-41-36-35-39-44(3)40-41)37-33-31-29-27-25-23-21-19-17-15-13-11-9-7-5-2/h12-15,18-21,41,43,45H,4-11,16-17,22-40H2,1-3H3/b14-12-,15-13-,20-18-,21-19+. The molecule has 0 aliphatic carbocycles. The zero-order chi connectivity index (χ0) is 33.2. The van der Waals surface area contributed by atoms with E-state index in [0.29, 0.717) is 6.04 Å². The summed E-state index contributed by atoms with van der Waals surface area (Å²) in [4.78, 5) is 8.47. The lowest BCUT2D eigenvalue weighted by Crippen LogP contribution is -2.48. The number of hydrogen-bond acceptors (Lipinski definition) is 4. The first-order valence-corrected chi connectivity index (χ1v) is 20.0. The smallest absolute Gasteiger partial charge is 0.184 e. The van der Waals surface area contributed by atoms with Crippen LogP contribution in [-0.4, -0.2) is 42.0 Å². The van der Waals surface area contributed by atoms with E-state index < -0.39 is 5.79 Å². The maximum atomic E-state index is 11.5. The molecule has 1 heterocycles. The van der Waals surface area contributed by atoms with Crippen LogP contribution in [0.5, 0.6) is 0 Å². The zero-order valence-corrected chi connectivity index (χ0v) is 31.0. The summed E-state index contributed by atoms with van der Waals surface area (Å²) in [6, 6.07) is 0.311. The van der Waals surface area contributed by atoms with Crippen molar-refractivity contribution < 1.29 is 9.94 Å². The van der Waals surface area contributed by atoms with E-state index in [9.17, 15) is 5.11 Å². The van der Waals surface area contributed by atoms with Crippen molar-refractivity contribution in [2.75, 3.05) is 20.1 Å². The molecule has 0 spiro atoms. The van der Waals surface area contributed by atoms with E-state index in [4.69, 9.17) is 4.84 Å². The van der Waals surface area contributed by atoms with Gasteiger partial charge in [-0.1, -0.05) is 133 Å². The summed E-state index contributed by atoms with van der Waals surface area (Å²) < 4.78 is 0. The van der Waals surface area contributed by atoms with Crippen molar-refractivity contribution in [3.63, 3.8) is 0 Å². The summed E-state index contributed by atoms with van der Waals surface area (Å²) in [5.74, 6) is -1.04. The van der Waals surface area contributed by atoms with Crippen LogP contribution in [0.2, 0.25) is 0 Å². The third-order valence-electron chi connectivity index (χ3n) is 9.33. The summed E-state index contributed by atoms with van der Waals surface area (Å²) in [6.45, 7) is 6.67. The summed E-state index contributed by atoms with van der Waals surface area (Å²) >= 11 is 0. The van der Waals surface area contributed by atoms with Crippen molar-refractivity contribution in [2.24, 2.45) is 0 Å². The van der Waals surface area contributed by atoms with Crippen molar-refractivity contribution in [1.82, 2.24) is 10.4 Å². The summed E-state index contributed by atoms with van der Waals surface area (Å²) in [5.41, 5.74) is 3.28. The van der Waals surface area contributed by atoms with Crippen molar-refractivity contribution in [1.29, 1.82) is 0 Å². The SMILES string of the molecule is CCCCC/C=C\C/C=C\CCCCCCCCC(O)(CCCCCCC/C=C/C/C=C\CCCCC)ONC1CCCN(C)C1. The van der Waals surface area contributed by atoms with Gasteiger partial charge in [0, 0.05) is 25.4 Å². The van der Waals surface area contributed by atoms with Crippen LogP contribution in [0.4, 0.5) is 0 Å². The van der Waals surface area contributed by atoms with Gasteiger partial charge in [-0.15, -0.1) is 0 Å². The molecule has 1 aliphatic heterocycles. The van der Waals surface area contributed by atoms with Crippen LogP contribution in [0.15, 0.2) is 48.6 Å². The van der Waals surface area contributed by atoms with Crippen molar-refractivity contribution in [2.45, 2.75) is 199 Å². The van der Waals surface area contributed by atoms with Crippen molar-refractivity contribution in [3.05, 3.63) is 48.6 Å². The normalized spacial score (nSPS) is 17.8. The number of aliphatic hydroxyl groups is 1. The van der Waals surface area contributed by atoms with Gasteiger partial charge < -0.3 is 10.0 Å². The molecule has 0 radical (unpaired) electrons. The number of piperidine rings is 1. The lowest BCUT2D eigenvalue weighted by Gasteiger charge is -2.34. The van der Waals surface area contributed by atoms with E-state index in [0.717, 1.165) is 58.0 Å². The molecule has 0 aromatic rings. The fourth-order valence-electron chi connectivity index (χ4n) is 6.28. The number of allylic oxidation sites excluding steroid dienone is 8. The summed E-state index contributed by atoms with van der Waals surface area (Å²) in [5, 5.41) is 11.5. The average molecular weight is 643 g/mol. The molecule has 0 aromatic carbocycles. The second kappa shape index (κ2) is 32.4. The van der Waals surface area contributed by atoms with E-state index in [1.54, 1.807) is 0 Å². The highest BCUT2D eigenvalue weighted by Gasteiger charge is 2.29. The molecule has 1 saturated heterocycles. The molecule has 2 N–H and O–H groups in total. The Hall–Kier alpha value is -1.20. The van der Waals surface area contributed by atoms with Gasteiger partial charge in [0.05, 0.1) is 0 Å². The summed E-state index contributed by atoms with van der Waals surface area (Å²) in [7, 11) is 2.17. The number of hydroxylamine groups is 1. The Morgan fingerprint density at radius 1 is 0.609 bits per heavy atom. The minimum Gasteiger partial charge on any atom is -0.364 e. The van der Waals surface area contributed by atoms with Gasteiger partial charge in [-0.2, -0.15) is 5.48 Å². The van der Waals surface area contributed by atoms with Gasteiger partial charge in [0.25, 0.3) is 0 Å². The number of rotatable bonds is 32. The van der Waals surface area contributed by atoms with Crippen LogP contribution in [0.1, 0.15) is 187 Å². The quantitative estimate of drug-likeness (QED) is 0.0332. The third kappa shape index (κ3) is 27.9. The maximum Gasteiger partial charge on any atom is 0.184 e. The third-order valence-corrected chi connectivity index (χ3v) is 9.33. The van der Waals surface area contributed by atoms with E-state index in [1.807, 2.05) is 0 Å². The minimum absolute atomic E-state index is 0.311. The first kappa shape index (κ1) is 42.8. The molecule has 4 heteroatoms. The first-order valence-electron chi connectivity index (χ1n) is 20.0. The van der Waals surface area contributed by atoms with E-state index >= 15 is 0 Å². The molecule has 268 valence electrons. The molecule has 0 bridgehead atoms. The van der Waals surface area contributed by atoms with Gasteiger partial charge in [-0.3, -0.25) is 4.84 Å². The Balaban J connectivity index is 2.19. The topological polar surface area (TPSA) is 44.7 Å². The molecule has 1 aliphatic rings. The molecule has 46 heavy (non-hydrogen) atoms. The van der Waals surface area contributed by atoms with Crippen LogP contribution in [0.25, 0.3) is 0 Å². The van der Waals surface area contributed by atoms with Crippen LogP contribution < -0.4 is 5.48 Å². The number of unbranched alkanes of at least 4 members (excludes halogenated alkanes) is 17. The van der Waals surface area contributed by atoms with Gasteiger partial charge in [0.15, 0.2) is 5.79 Å². The molecule has 2 atom stereocenters. The molecule has 0 saturated carbocycles. The molecule has 0 aromatic heterocycles. The summed E-state index contributed by atoms with van der Waals surface area (Å²) in [6.07, 6.45) is 50.7. The largest absolute Gasteiger partial charge is 0.364 e. The second-order valence-electron chi connectivity index (χ2n) is 14.1. The minimum atomic E-state index is -1.04. The van der Waals surface area contributed by atoms with E-state index in [-0.39, 0.29) is 0 Å². The highest BCUT2D eigenvalue weighted by Crippen LogP contribution is 2.25. The second-order valence-corrected chi connectivity index (χ2v) is 14.1. The molecule has 4 nitrogen and oxygen atoms in total. The lowest BCUT2D eigenvalue weighted by molar-refractivity contribution is -0.256. The van der Waals surface area contributed by atoms with Gasteiger partial charge in [-0.25, -0.2) is 0 Å². The zero-order valence-electron chi connectivity index (χ0n) is 31.0. The number of hydrogen-bond donors (Lipinski definition) is 2. The highest BCUT2D eigenvalue weighted by atomic mass is 16.7.